The zero-order chi connectivity index (χ0) is 15.4. The molecule has 1 atom stereocenters. The number of rotatable bonds is 6. The fourth-order valence-corrected chi connectivity index (χ4v) is 3.22. The molecule has 0 amide bonds. The van der Waals surface area contributed by atoms with Gasteiger partial charge in [-0.3, -0.25) is 0 Å². The number of nitrogens with two attached hydrogens (primary N) is 1. The lowest BCUT2D eigenvalue weighted by molar-refractivity contribution is 0.321. The van der Waals surface area contributed by atoms with Gasteiger partial charge in [0.1, 0.15) is 5.75 Å². The average Bonchev–Trinajstić information content (AvgIpc) is 2.80. The van der Waals surface area contributed by atoms with E-state index in [0.29, 0.717) is 12.5 Å². The van der Waals surface area contributed by atoms with Gasteiger partial charge in [0.05, 0.1) is 17.3 Å². The predicted octanol–water partition coefficient (Wildman–Crippen LogP) is 4.22. The monoisotopic (exact) mass is 304 g/mol. The third-order valence-electron chi connectivity index (χ3n) is 3.40. The van der Waals surface area contributed by atoms with Crippen LogP contribution in [-0.2, 0) is 6.42 Å². The van der Waals surface area contributed by atoms with Gasteiger partial charge in [0, 0.05) is 17.3 Å². The fraction of sp³-hybridized carbons (Fsp3) is 0.471. The van der Waals surface area contributed by atoms with E-state index in [1.807, 2.05) is 26.0 Å². The Balaban J connectivity index is 1.92. The van der Waals surface area contributed by atoms with E-state index in [4.69, 9.17) is 10.5 Å². The van der Waals surface area contributed by atoms with Crippen LogP contribution in [0.15, 0.2) is 24.3 Å². The normalized spacial score (nSPS) is 12.7. The summed E-state index contributed by atoms with van der Waals surface area (Å²) in [5, 5.41) is 1.10. The zero-order valence-corrected chi connectivity index (χ0v) is 14.0. The van der Waals surface area contributed by atoms with Crippen molar-refractivity contribution in [2.24, 2.45) is 5.73 Å². The number of ether oxygens (including phenoxy) is 1. The molecule has 114 valence electrons. The number of aromatic nitrogens is 1. The minimum atomic E-state index is 0.0555. The van der Waals surface area contributed by atoms with Crippen molar-refractivity contribution in [1.82, 2.24) is 4.98 Å². The van der Waals surface area contributed by atoms with Gasteiger partial charge in [-0.1, -0.05) is 26.0 Å². The Bertz CT molecular complexity index is 590. The van der Waals surface area contributed by atoms with E-state index >= 15 is 0 Å². The van der Waals surface area contributed by atoms with Crippen LogP contribution in [0.5, 0.6) is 5.75 Å². The molecule has 1 aromatic heterocycles. The number of nitrogens with zero attached hydrogens (tertiary/aromatic N) is 1. The molecule has 2 rings (SSSR count). The first-order valence-electron chi connectivity index (χ1n) is 7.42. The number of hydrogen-bond acceptors (Lipinski definition) is 4. The van der Waals surface area contributed by atoms with Crippen LogP contribution in [-0.4, -0.2) is 11.6 Å². The molecule has 0 saturated carbocycles. The van der Waals surface area contributed by atoms with Gasteiger partial charge in [-0.25, -0.2) is 4.98 Å². The first-order chi connectivity index (χ1) is 9.97. The SMILES string of the molecule is Cc1nc(CCOc2cccc(C(C)C)c2)sc1C(C)N. The summed E-state index contributed by atoms with van der Waals surface area (Å²) < 4.78 is 5.85. The molecule has 0 aliphatic rings. The molecule has 1 unspecified atom stereocenters. The first-order valence-corrected chi connectivity index (χ1v) is 8.23. The lowest BCUT2D eigenvalue weighted by atomic mass is 10.0. The van der Waals surface area contributed by atoms with Crippen LogP contribution in [0.25, 0.3) is 0 Å². The van der Waals surface area contributed by atoms with Gasteiger partial charge in [0.25, 0.3) is 0 Å². The summed E-state index contributed by atoms with van der Waals surface area (Å²) in [6, 6.07) is 8.36. The molecule has 0 saturated heterocycles. The van der Waals surface area contributed by atoms with E-state index in [0.717, 1.165) is 22.9 Å². The van der Waals surface area contributed by atoms with Gasteiger partial charge in [-0.2, -0.15) is 0 Å². The molecule has 2 N–H and O–H groups in total. The molecule has 0 spiro atoms. The van der Waals surface area contributed by atoms with Crippen molar-refractivity contribution in [2.45, 2.75) is 46.1 Å². The molecule has 0 radical (unpaired) electrons. The lowest BCUT2D eigenvalue weighted by Gasteiger charge is -2.09. The molecule has 0 bridgehead atoms. The number of hydrogen-bond donors (Lipinski definition) is 1. The van der Waals surface area contributed by atoms with Gasteiger partial charge < -0.3 is 10.5 Å². The van der Waals surface area contributed by atoms with Crippen LogP contribution in [0.1, 0.15) is 53.9 Å². The predicted molar refractivity (Wildman–Crippen MR) is 89.2 cm³/mol. The second-order valence-electron chi connectivity index (χ2n) is 5.67. The van der Waals surface area contributed by atoms with Gasteiger partial charge in [-0.05, 0) is 37.5 Å². The molecule has 4 heteroatoms. The van der Waals surface area contributed by atoms with Crippen LogP contribution in [0, 0.1) is 6.92 Å². The van der Waals surface area contributed by atoms with E-state index in [9.17, 15) is 0 Å². The Morgan fingerprint density at radius 2 is 2.05 bits per heavy atom. The minimum Gasteiger partial charge on any atom is -0.493 e. The maximum Gasteiger partial charge on any atom is 0.119 e. The number of aryl methyl sites for hydroxylation is 1. The highest BCUT2D eigenvalue weighted by atomic mass is 32.1. The number of benzene rings is 1. The second-order valence-corrected chi connectivity index (χ2v) is 6.79. The maximum atomic E-state index is 5.93. The van der Waals surface area contributed by atoms with Gasteiger partial charge in [-0.15, -0.1) is 11.3 Å². The van der Waals surface area contributed by atoms with E-state index in [1.165, 1.54) is 10.4 Å². The molecular formula is C17H24N2OS. The molecular weight excluding hydrogens is 280 g/mol. The summed E-state index contributed by atoms with van der Waals surface area (Å²) >= 11 is 1.69. The molecule has 0 aliphatic carbocycles. The van der Waals surface area contributed by atoms with Crippen molar-refractivity contribution in [2.75, 3.05) is 6.61 Å². The van der Waals surface area contributed by atoms with Crippen molar-refractivity contribution in [1.29, 1.82) is 0 Å². The highest BCUT2D eigenvalue weighted by Gasteiger charge is 2.11. The van der Waals surface area contributed by atoms with Gasteiger partial charge >= 0.3 is 0 Å². The van der Waals surface area contributed by atoms with Crippen LogP contribution in [0.4, 0.5) is 0 Å². The highest BCUT2D eigenvalue weighted by molar-refractivity contribution is 7.11. The average molecular weight is 304 g/mol. The Morgan fingerprint density at radius 1 is 1.29 bits per heavy atom. The Morgan fingerprint density at radius 3 is 2.67 bits per heavy atom. The Kier molecular flexibility index (Phi) is 5.37. The van der Waals surface area contributed by atoms with Crippen LogP contribution in [0.2, 0.25) is 0 Å². The fourth-order valence-electron chi connectivity index (χ4n) is 2.21. The minimum absolute atomic E-state index is 0.0555. The summed E-state index contributed by atoms with van der Waals surface area (Å²) in [5.74, 6) is 1.45. The number of thiazole rings is 1. The highest BCUT2D eigenvalue weighted by Crippen LogP contribution is 2.24. The smallest absolute Gasteiger partial charge is 0.119 e. The quantitative estimate of drug-likeness (QED) is 0.869. The van der Waals surface area contributed by atoms with Crippen molar-refractivity contribution in [3.63, 3.8) is 0 Å². The van der Waals surface area contributed by atoms with Crippen molar-refractivity contribution in [3.05, 3.63) is 45.4 Å². The molecule has 21 heavy (non-hydrogen) atoms. The summed E-state index contributed by atoms with van der Waals surface area (Å²) in [7, 11) is 0. The molecule has 2 aromatic rings. The largest absolute Gasteiger partial charge is 0.493 e. The molecule has 1 heterocycles. The second kappa shape index (κ2) is 7.05. The van der Waals surface area contributed by atoms with Crippen molar-refractivity contribution in [3.8, 4) is 5.75 Å². The van der Waals surface area contributed by atoms with Crippen molar-refractivity contribution >= 4 is 11.3 Å². The maximum absolute atomic E-state index is 5.93. The third kappa shape index (κ3) is 4.29. The first kappa shape index (κ1) is 16.0. The summed E-state index contributed by atoms with van der Waals surface area (Å²) in [6.07, 6.45) is 0.824. The molecule has 0 aliphatic heterocycles. The Hall–Kier alpha value is -1.39. The van der Waals surface area contributed by atoms with Crippen LogP contribution in [0.3, 0.4) is 0 Å². The topological polar surface area (TPSA) is 48.1 Å². The molecule has 3 nitrogen and oxygen atoms in total. The van der Waals surface area contributed by atoms with E-state index < -0.39 is 0 Å². The van der Waals surface area contributed by atoms with E-state index in [1.54, 1.807) is 11.3 Å². The lowest BCUT2D eigenvalue weighted by Crippen LogP contribution is -2.03. The van der Waals surface area contributed by atoms with Gasteiger partial charge in [0.15, 0.2) is 0 Å². The third-order valence-corrected chi connectivity index (χ3v) is 4.82. The summed E-state index contributed by atoms with van der Waals surface area (Å²) in [4.78, 5) is 5.74. The zero-order valence-electron chi connectivity index (χ0n) is 13.2. The van der Waals surface area contributed by atoms with E-state index in [2.05, 4.69) is 31.0 Å². The molecule has 1 aromatic carbocycles. The summed E-state index contributed by atoms with van der Waals surface area (Å²) in [5.41, 5.74) is 8.28. The van der Waals surface area contributed by atoms with Crippen LogP contribution >= 0.6 is 11.3 Å². The standard InChI is InChI=1S/C17H24N2OS/c1-11(2)14-6-5-7-15(10-14)20-9-8-16-19-13(4)17(21-16)12(3)18/h5-7,10-12H,8-9,18H2,1-4H3. The van der Waals surface area contributed by atoms with Gasteiger partial charge in [0.2, 0.25) is 0 Å². The Labute approximate surface area is 131 Å². The van der Waals surface area contributed by atoms with Crippen molar-refractivity contribution < 1.29 is 4.74 Å². The molecule has 0 fully saturated rings. The van der Waals surface area contributed by atoms with Crippen LogP contribution < -0.4 is 10.5 Å². The van der Waals surface area contributed by atoms with E-state index in [-0.39, 0.29) is 6.04 Å². The summed E-state index contributed by atoms with van der Waals surface area (Å²) in [6.45, 7) is 9.04.